The molecule has 0 saturated carbocycles. The van der Waals surface area contributed by atoms with Crippen molar-refractivity contribution in [2.45, 2.75) is 10.8 Å². The highest BCUT2D eigenvalue weighted by atomic mass is 32.2. The summed E-state index contributed by atoms with van der Waals surface area (Å²) in [6.07, 6.45) is 6.86. The predicted octanol–water partition coefficient (Wildman–Crippen LogP) is 3.16. The fourth-order valence-corrected chi connectivity index (χ4v) is 4.43. The first-order valence-electron chi connectivity index (χ1n) is 9.79. The summed E-state index contributed by atoms with van der Waals surface area (Å²) >= 11 is 1.46. The number of amides is 1. The van der Waals surface area contributed by atoms with Gasteiger partial charge in [-0.05, 0) is 24.3 Å². The van der Waals surface area contributed by atoms with Gasteiger partial charge in [0, 0.05) is 47.9 Å². The largest absolute Gasteiger partial charge is 0.481 e. The topological polar surface area (TPSA) is 89.0 Å². The first-order chi connectivity index (χ1) is 15.4. The molecule has 5 rings (SSSR count). The molecule has 0 radical (unpaired) electrons. The van der Waals surface area contributed by atoms with E-state index in [9.17, 15) is 9.18 Å². The number of halogens is 1. The van der Waals surface area contributed by atoms with Gasteiger partial charge in [-0.2, -0.15) is 5.10 Å². The molecule has 4 aromatic rings. The third-order valence-corrected chi connectivity index (χ3v) is 6.34. The van der Waals surface area contributed by atoms with Crippen LogP contribution in [0.1, 0.15) is 0 Å². The zero-order valence-corrected chi connectivity index (χ0v) is 18.2. The lowest BCUT2D eigenvalue weighted by atomic mass is 10.1. The third-order valence-electron chi connectivity index (χ3n) is 5.35. The van der Waals surface area contributed by atoms with Crippen LogP contribution in [0.5, 0.6) is 5.75 Å². The van der Waals surface area contributed by atoms with Gasteiger partial charge < -0.3 is 14.2 Å². The number of hydrogen-bond donors (Lipinski definition) is 1. The van der Waals surface area contributed by atoms with Crippen molar-refractivity contribution in [3.8, 4) is 16.9 Å². The second-order valence-electron chi connectivity index (χ2n) is 7.46. The molecule has 162 valence electrons. The Balaban J connectivity index is 1.46. The van der Waals surface area contributed by atoms with Crippen molar-refractivity contribution in [2.75, 3.05) is 18.6 Å². The van der Waals surface area contributed by atoms with Crippen molar-refractivity contribution in [3.63, 3.8) is 0 Å². The first kappa shape index (κ1) is 20.3. The van der Waals surface area contributed by atoms with Gasteiger partial charge in [0.15, 0.2) is 23.7 Å². The van der Waals surface area contributed by atoms with Crippen molar-refractivity contribution in [2.24, 2.45) is 7.05 Å². The van der Waals surface area contributed by atoms with Crippen LogP contribution in [0.2, 0.25) is 0 Å². The molecule has 4 heterocycles. The molecular weight excluding hydrogens is 431 g/mol. The minimum Gasteiger partial charge on any atom is -0.481 e. The number of thioether (sulfide) groups is 1. The number of benzene rings is 1. The summed E-state index contributed by atoms with van der Waals surface area (Å²) in [7, 11) is 3.50. The van der Waals surface area contributed by atoms with E-state index in [0.717, 1.165) is 21.4 Å². The highest BCUT2D eigenvalue weighted by Crippen LogP contribution is 2.38. The van der Waals surface area contributed by atoms with E-state index in [1.165, 1.54) is 17.8 Å². The highest BCUT2D eigenvalue weighted by Gasteiger charge is 2.24. The van der Waals surface area contributed by atoms with E-state index in [1.807, 2.05) is 18.2 Å². The smallest absolute Gasteiger partial charge is 0.264 e. The van der Waals surface area contributed by atoms with Crippen LogP contribution in [0.25, 0.3) is 22.0 Å². The number of aryl methyl sites for hydroxylation is 1. The lowest BCUT2D eigenvalue weighted by Crippen LogP contribution is -2.35. The summed E-state index contributed by atoms with van der Waals surface area (Å²) in [4.78, 5) is 18.8. The quantitative estimate of drug-likeness (QED) is 0.483. The van der Waals surface area contributed by atoms with Crippen LogP contribution in [0.15, 0.2) is 53.9 Å². The Labute approximate surface area is 186 Å². The zero-order chi connectivity index (χ0) is 22.4. The summed E-state index contributed by atoms with van der Waals surface area (Å²) in [5.74, 6) is 0.249. The van der Waals surface area contributed by atoms with Crippen LogP contribution in [-0.4, -0.2) is 38.9 Å². The molecule has 1 amide bonds. The predicted molar refractivity (Wildman–Crippen MR) is 119 cm³/mol. The minimum absolute atomic E-state index is 0.0154. The first-order valence-corrected chi connectivity index (χ1v) is 10.8. The van der Waals surface area contributed by atoms with Crippen LogP contribution in [0.4, 0.5) is 10.1 Å². The number of carbonyl (C=O) groups excluding carboxylic acids is 1. The van der Waals surface area contributed by atoms with Gasteiger partial charge in [0.2, 0.25) is 0 Å². The number of nitrogens with one attached hydrogen (secondary N) is 1. The number of likely N-dealkylation sites (N-methyl/N-ethyl adjacent to an activating group) is 1. The Morgan fingerprint density at radius 3 is 2.81 bits per heavy atom. The third kappa shape index (κ3) is 3.52. The van der Waals surface area contributed by atoms with Crippen LogP contribution < -0.4 is 15.1 Å². The number of rotatable bonds is 4. The van der Waals surface area contributed by atoms with E-state index in [-0.39, 0.29) is 18.0 Å². The van der Waals surface area contributed by atoms with Gasteiger partial charge in [-0.1, -0.05) is 0 Å². The lowest BCUT2D eigenvalue weighted by Gasteiger charge is -2.26. The van der Waals surface area contributed by atoms with Gasteiger partial charge in [0.05, 0.1) is 23.8 Å². The molecule has 0 saturated heterocycles. The number of hydrogen-bond acceptors (Lipinski definition) is 6. The average Bonchev–Trinajstić information content (AvgIpc) is 3.23. The summed E-state index contributed by atoms with van der Waals surface area (Å²) in [6.45, 7) is -0.0154. The number of anilines is 1. The SMILES string of the molecule is CN1C(=O)COc2c1cnc1ccc(SCn3cc(-c4cnn(C)c4)cc(F)c3=N)cc21. The van der Waals surface area contributed by atoms with Gasteiger partial charge in [0.25, 0.3) is 5.91 Å². The molecule has 1 N–H and O–H groups in total. The van der Waals surface area contributed by atoms with Crippen LogP contribution >= 0.6 is 11.8 Å². The molecule has 0 bridgehead atoms. The van der Waals surface area contributed by atoms with Crippen LogP contribution in [0.3, 0.4) is 0 Å². The standard InChI is InChI=1S/C22H19FN6O2S/c1-27-9-14(7-26-27)13-5-17(23)22(24)29(10-13)12-32-15-3-4-18-16(6-15)21-19(8-25-18)28(2)20(30)11-31-21/h3-10,24H,11-12H2,1-2H3. The number of ether oxygens (including phenoxy) is 1. The van der Waals surface area contributed by atoms with Gasteiger partial charge >= 0.3 is 0 Å². The molecule has 1 aliphatic rings. The second kappa shape index (κ2) is 7.79. The Bertz CT molecular complexity index is 1430. The van der Waals surface area contributed by atoms with Crippen molar-refractivity contribution in [1.82, 2.24) is 19.3 Å². The summed E-state index contributed by atoms with van der Waals surface area (Å²) < 4.78 is 23.3. The summed E-state index contributed by atoms with van der Waals surface area (Å²) in [5, 5.41) is 13.0. The van der Waals surface area contributed by atoms with Crippen LogP contribution in [0, 0.1) is 11.2 Å². The molecular formula is C22H19FN6O2S. The van der Waals surface area contributed by atoms with Crippen molar-refractivity contribution >= 4 is 34.3 Å². The van der Waals surface area contributed by atoms with E-state index >= 15 is 0 Å². The number of nitrogens with zero attached hydrogens (tertiary/aromatic N) is 5. The molecule has 32 heavy (non-hydrogen) atoms. The molecule has 0 aliphatic carbocycles. The van der Waals surface area contributed by atoms with Crippen LogP contribution in [-0.2, 0) is 17.7 Å². The van der Waals surface area contributed by atoms with Crippen molar-refractivity contribution in [3.05, 3.63) is 60.4 Å². The van der Waals surface area contributed by atoms with Gasteiger partial charge in [-0.15, -0.1) is 11.8 Å². The molecule has 1 aromatic carbocycles. The Hall–Kier alpha value is -3.66. The maximum Gasteiger partial charge on any atom is 0.264 e. The van der Waals surface area contributed by atoms with E-state index in [2.05, 4.69) is 10.1 Å². The monoisotopic (exact) mass is 450 g/mol. The fourth-order valence-electron chi connectivity index (χ4n) is 3.57. The van der Waals surface area contributed by atoms with Gasteiger partial charge in [-0.3, -0.25) is 19.9 Å². The van der Waals surface area contributed by atoms with E-state index in [4.69, 9.17) is 10.1 Å². The van der Waals surface area contributed by atoms with Crippen molar-refractivity contribution < 1.29 is 13.9 Å². The fraction of sp³-hybridized carbons (Fsp3) is 0.182. The molecule has 0 unspecified atom stereocenters. The molecule has 1 aliphatic heterocycles. The van der Waals surface area contributed by atoms with Gasteiger partial charge in [0.1, 0.15) is 5.69 Å². The Kier molecular flexibility index (Phi) is 4.93. The van der Waals surface area contributed by atoms with E-state index in [0.29, 0.717) is 22.9 Å². The zero-order valence-electron chi connectivity index (χ0n) is 17.4. The number of aromatic nitrogens is 4. The molecule has 0 fully saturated rings. The average molecular weight is 450 g/mol. The lowest BCUT2D eigenvalue weighted by molar-refractivity contribution is -0.120. The normalized spacial score (nSPS) is 13.3. The van der Waals surface area contributed by atoms with Gasteiger partial charge in [-0.25, -0.2) is 4.39 Å². The van der Waals surface area contributed by atoms with Crippen molar-refractivity contribution in [1.29, 1.82) is 5.41 Å². The molecule has 8 nitrogen and oxygen atoms in total. The summed E-state index contributed by atoms with van der Waals surface area (Å²) in [6, 6.07) is 7.11. The molecule has 3 aromatic heterocycles. The van der Waals surface area contributed by atoms with E-state index < -0.39 is 5.82 Å². The van der Waals surface area contributed by atoms with E-state index in [1.54, 1.807) is 53.0 Å². The maximum atomic E-state index is 14.4. The number of pyridine rings is 2. The Morgan fingerprint density at radius 2 is 2.03 bits per heavy atom. The maximum absolute atomic E-state index is 14.4. The highest BCUT2D eigenvalue weighted by molar-refractivity contribution is 7.98. The number of carbonyl (C=O) groups is 1. The number of fused-ring (bicyclic) bond motifs is 3. The molecule has 10 heteroatoms. The molecule has 0 spiro atoms. The summed E-state index contributed by atoms with van der Waals surface area (Å²) in [5.41, 5.74) is 2.64. The second-order valence-corrected chi connectivity index (χ2v) is 8.48. The minimum atomic E-state index is -0.593. The Morgan fingerprint density at radius 1 is 1.19 bits per heavy atom. The molecule has 0 atom stereocenters.